The molecule has 0 fully saturated rings. The number of hydrogen-bond donors (Lipinski definition) is 1. The van der Waals surface area contributed by atoms with E-state index in [1.54, 1.807) is 12.3 Å². The van der Waals surface area contributed by atoms with Crippen LogP contribution in [0.3, 0.4) is 0 Å². The van der Waals surface area contributed by atoms with Gasteiger partial charge in [-0.25, -0.2) is 13.8 Å². The normalized spacial score (nSPS) is 11.0. The molecular formula is C15H9BrF2N2O. The number of carbonyl (C=O) groups is 1. The van der Waals surface area contributed by atoms with Crippen LogP contribution < -0.4 is 0 Å². The van der Waals surface area contributed by atoms with E-state index in [1.165, 1.54) is 18.3 Å². The predicted molar refractivity (Wildman–Crippen MR) is 78.2 cm³/mol. The van der Waals surface area contributed by atoms with Crippen molar-refractivity contribution in [2.45, 2.75) is 6.42 Å². The highest BCUT2D eigenvalue weighted by atomic mass is 79.9. The van der Waals surface area contributed by atoms with Crippen molar-refractivity contribution in [3.05, 3.63) is 63.9 Å². The van der Waals surface area contributed by atoms with Crippen molar-refractivity contribution in [3.8, 4) is 0 Å². The summed E-state index contributed by atoms with van der Waals surface area (Å²) < 4.78 is 27.5. The maximum absolute atomic E-state index is 13.6. The summed E-state index contributed by atoms with van der Waals surface area (Å²) in [5.41, 5.74) is 1.01. The minimum absolute atomic E-state index is 0.0392. The number of Topliss-reactive ketones (excluding diaryl/α,β-unsaturated/α-hetero) is 1. The zero-order valence-corrected chi connectivity index (χ0v) is 12.2. The van der Waals surface area contributed by atoms with Crippen LogP contribution in [0.5, 0.6) is 0 Å². The maximum Gasteiger partial charge on any atom is 0.169 e. The van der Waals surface area contributed by atoms with Gasteiger partial charge >= 0.3 is 0 Å². The molecule has 1 aromatic carbocycles. The number of fused-ring (bicyclic) bond motifs is 1. The third-order valence-electron chi connectivity index (χ3n) is 3.18. The molecule has 0 saturated carbocycles. The van der Waals surface area contributed by atoms with Gasteiger partial charge in [0.2, 0.25) is 0 Å². The molecule has 0 atom stereocenters. The number of rotatable bonds is 3. The van der Waals surface area contributed by atoms with Crippen LogP contribution in [0.2, 0.25) is 0 Å². The molecule has 0 radical (unpaired) electrons. The highest BCUT2D eigenvalue weighted by molar-refractivity contribution is 9.10. The van der Waals surface area contributed by atoms with Gasteiger partial charge in [0.1, 0.15) is 5.65 Å². The fourth-order valence-electron chi connectivity index (χ4n) is 2.16. The lowest BCUT2D eigenvalue weighted by Crippen LogP contribution is -2.05. The van der Waals surface area contributed by atoms with Crippen molar-refractivity contribution in [3.63, 3.8) is 0 Å². The van der Waals surface area contributed by atoms with E-state index in [2.05, 4.69) is 25.9 Å². The lowest BCUT2D eigenvalue weighted by molar-refractivity contribution is 0.0993. The summed E-state index contributed by atoms with van der Waals surface area (Å²) in [4.78, 5) is 19.3. The molecule has 0 bridgehead atoms. The maximum atomic E-state index is 13.6. The van der Waals surface area contributed by atoms with Crippen LogP contribution in [0.25, 0.3) is 11.0 Å². The average Bonchev–Trinajstić information content (AvgIpc) is 2.87. The molecule has 3 rings (SSSR count). The van der Waals surface area contributed by atoms with E-state index in [9.17, 15) is 13.6 Å². The number of ketones is 1. The molecule has 1 N–H and O–H groups in total. The van der Waals surface area contributed by atoms with Gasteiger partial charge in [-0.05, 0) is 33.6 Å². The van der Waals surface area contributed by atoms with Gasteiger partial charge in [-0.15, -0.1) is 0 Å². The number of aromatic amines is 1. The highest BCUT2D eigenvalue weighted by Gasteiger charge is 2.16. The molecular weight excluding hydrogens is 342 g/mol. The number of nitrogens with one attached hydrogen (secondary N) is 1. The molecule has 6 heteroatoms. The molecule has 0 aliphatic heterocycles. The van der Waals surface area contributed by atoms with Gasteiger partial charge in [-0.3, -0.25) is 4.79 Å². The molecule has 3 nitrogen and oxygen atoms in total. The summed E-state index contributed by atoms with van der Waals surface area (Å²) >= 11 is 3.29. The smallest absolute Gasteiger partial charge is 0.169 e. The molecule has 2 aromatic heterocycles. The Labute approximate surface area is 127 Å². The van der Waals surface area contributed by atoms with Crippen LogP contribution in [0.1, 0.15) is 15.9 Å². The van der Waals surface area contributed by atoms with E-state index in [0.717, 1.165) is 10.5 Å². The summed E-state index contributed by atoms with van der Waals surface area (Å²) in [7, 11) is 0. The number of hydrogen-bond acceptors (Lipinski definition) is 2. The largest absolute Gasteiger partial charge is 0.345 e. The van der Waals surface area contributed by atoms with Gasteiger partial charge < -0.3 is 4.98 Å². The standard InChI is InChI=1S/C15H9BrF2N2O/c16-9-5-10-11(7-20-15(10)19-6-9)13(21)4-8-2-1-3-12(17)14(8)18/h1-3,5-7H,4H2,(H,19,20). The number of halogens is 3. The van der Waals surface area contributed by atoms with Crippen molar-refractivity contribution >= 4 is 32.7 Å². The van der Waals surface area contributed by atoms with Gasteiger partial charge in [0, 0.05) is 34.2 Å². The fourth-order valence-corrected chi connectivity index (χ4v) is 2.49. The minimum atomic E-state index is -0.981. The van der Waals surface area contributed by atoms with Crippen molar-refractivity contribution in [2.24, 2.45) is 0 Å². The Morgan fingerprint density at radius 2 is 2.14 bits per heavy atom. The zero-order chi connectivity index (χ0) is 15.0. The summed E-state index contributed by atoms with van der Waals surface area (Å²) in [6, 6.07) is 5.57. The van der Waals surface area contributed by atoms with E-state index < -0.39 is 11.6 Å². The van der Waals surface area contributed by atoms with Crippen molar-refractivity contribution in [1.82, 2.24) is 9.97 Å². The summed E-state index contributed by atoms with van der Waals surface area (Å²) in [5.74, 6) is -2.24. The number of carbonyl (C=O) groups excluding carboxylic acids is 1. The van der Waals surface area contributed by atoms with E-state index in [1.807, 2.05) is 0 Å². The Kier molecular flexibility index (Phi) is 3.55. The monoisotopic (exact) mass is 350 g/mol. The molecule has 3 aromatic rings. The third-order valence-corrected chi connectivity index (χ3v) is 3.61. The number of aromatic nitrogens is 2. The second-order valence-corrected chi connectivity index (χ2v) is 5.48. The topological polar surface area (TPSA) is 45.8 Å². The molecule has 21 heavy (non-hydrogen) atoms. The molecule has 0 aliphatic carbocycles. The van der Waals surface area contributed by atoms with E-state index >= 15 is 0 Å². The lowest BCUT2D eigenvalue weighted by Gasteiger charge is -2.03. The molecule has 0 spiro atoms. The van der Waals surface area contributed by atoms with Gasteiger partial charge in [-0.2, -0.15) is 0 Å². The Morgan fingerprint density at radius 1 is 1.33 bits per heavy atom. The first-order chi connectivity index (χ1) is 10.1. The Morgan fingerprint density at radius 3 is 2.95 bits per heavy atom. The van der Waals surface area contributed by atoms with Gasteiger partial charge in [-0.1, -0.05) is 12.1 Å². The molecule has 0 saturated heterocycles. The molecule has 0 amide bonds. The van der Waals surface area contributed by atoms with E-state index in [0.29, 0.717) is 16.6 Å². The van der Waals surface area contributed by atoms with Crippen molar-refractivity contribution < 1.29 is 13.6 Å². The van der Waals surface area contributed by atoms with Gasteiger partial charge in [0.25, 0.3) is 0 Å². The van der Waals surface area contributed by atoms with Crippen LogP contribution in [-0.2, 0) is 6.42 Å². The Bertz CT molecular complexity index is 845. The first-order valence-electron chi connectivity index (χ1n) is 6.15. The van der Waals surface area contributed by atoms with E-state index in [-0.39, 0.29) is 17.8 Å². The first-order valence-corrected chi connectivity index (χ1v) is 6.94. The fraction of sp³-hybridized carbons (Fsp3) is 0.0667. The summed E-state index contributed by atoms with van der Waals surface area (Å²) in [6.07, 6.45) is 2.94. The molecule has 106 valence electrons. The third kappa shape index (κ3) is 2.58. The van der Waals surface area contributed by atoms with E-state index in [4.69, 9.17) is 0 Å². The van der Waals surface area contributed by atoms with Crippen LogP contribution in [0, 0.1) is 11.6 Å². The number of nitrogens with zero attached hydrogens (tertiary/aromatic N) is 1. The van der Waals surface area contributed by atoms with Gasteiger partial charge in [0.05, 0.1) is 0 Å². The average molecular weight is 351 g/mol. The zero-order valence-electron chi connectivity index (χ0n) is 10.7. The SMILES string of the molecule is O=C(Cc1cccc(F)c1F)c1c[nH]c2ncc(Br)cc12. The lowest BCUT2D eigenvalue weighted by atomic mass is 10.0. The highest BCUT2D eigenvalue weighted by Crippen LogP contribution is 2.22. The van der Waals surface area contributed by atoms with Crippen LogP contribution in [-0.4, -0.2) is 15.8 Å². The summed E-state index contributed by atoms with van der Waals surface area (Å²) in [5, 5.41) is 0.645. The molecule has 0 unspecified atom stereocenters. The molecule has 0 aliphatic rings. The predicted octanol–water partition coefficient (Wildman–Crippen LogP) is 4.03. The Balaban J connectivity index is 1.97. The van der Waals surface area contributed by atoms with Crippen LogP contribution in [0.4, 0.5) is 8.78 Å². The first kappa shape index (κ1) is 13.9. The second-order valence-electron chi connectivity index (χ2n) is 4.56. The number of H-pyrrole nitrogens is 1. The van der Waals surface area contributed by atoms with Crippen LogP contribution >= 0.6 is 15.9 Å². The summed E-state index contributed by atoms with van der Waals surface area (Å²) in [6.45, 7) is 0. The second kappa shape index (κ2) is 5.37. The van der Waals surface area contributed by atoms with Crippen LogP contribution in [0.15, 0.2) is 41.1 Å². The Hall–Kier alpha value is -2.08. The minimum Gasteiger partial charge on any atom is -0.345 e. The molecule has 2 heterocycles. The quantitative estimate of drug-likeness (QED) is 0.725. The number of pyridine rings is 1. The van der Waals surface area contributed by atoms with Crippen molar-refractivity contribution in [1.29, 1.82) is 0 Å². The number of benzene rings is 1. The van der Waals surface area contributed by atoms with Crippen molar-refractivity contribution in [2.75, 3.05) is 0 Å². The van der Waals surface area contributed by atoms with Gasteiger partial charge in [0.15, 0.2) is 17.4 Å².